The van der Waals surface area contributed by atoms with Gasteiger partial charge in [0, 0.05) is 12.8 Å². The van der Waals surface area contributed by atoms with E-state index < -0.39 is 13.1 Å². The molecular formula is C25H34BN5O3. The summed E-state index contributed by atoms with van der Waals surface area (Å²) in [6.07, 6.45) is 4.84. The Labute approximate surface area is 201 Å². The predicted octanol–water partition coefficient (Wildman–Crippen LogP) is 1.47. The highest BCUT2D eigenvalue weighted by Gasteiger charge is 2.25. The van der Waals surface area contributed by atoms with Gasteiger partial charge in [0.1, 0.15) is 12.4 Å². The van der Waals surface area contributed by atoms with Gasteiger partial charge < -0.3 is 21.1 Å². The van der Waals surface area contributed by atoms with Gasteiger partial charge in [0.25, 0.3) is 0 Å². The number of hydrogen-bond acceptors (Lipinski definition) is 6. The molecule has 0 aliphatic rings. The summed E-state index contributed by atoms with van der Waals surface area (Å²) >= 11 is 0. The summed E-state index contributed by atoms with van der Waals surface area (Å²) in [5.74, 6) is 0.368. The van der Waals surface area contributed by atoms with Crippen molar-refractivity contribution in [1.29, 1.82) is 0 Å². The molecule has 0 bridgehead atoms. The molecule has 1 heterocycles. The lowest BCUT2D eigenvalue weighted by atomic mass is 9.76. The summed E-state index contributed by atoms with van der Waals surface area (Å²) in [5.41, 5.74) is 7.91. The fourth-order valence-electron chi connectivity index (χ4n) is 3.84. The smallest absolute Gasteiger partial charge is 0.426 e. The molecule has 0 aliphatic heterocycles. The number of hydrogen-bond donors (Lipinski definition) is 4. The van der Waals surface area contributed by atoms with Crippen molar-refractivity contribution in [2.45, 2.75) is 57.4 Å². The number of carbonyl (C=O) groups excluding carboxylic acids is 1. The van der Waals surface area contributed by atoms with Gasteiger partial charge in [0.15, 0.2) is 5.82 Å². The van der Waals surface area contributed by atoms with Crippen LogP contribution in [0, 0.1) is 0 Å². The lowest BCUT2D eigenvalue weighted by Crippen LogP contribution is -2.47. The zero-order chi connectivity index (χ0) is 24.2. The summed E-state index contributed by atoms with van der Waals surface area (Å²) in [6, 6.07) is 20.3. The first kappa shape index (κ1) is 25.6. The van der Waals surface area contributed by atoms with Crippen molar-refractivity contribution in [2.75, 3.05) is 6.54 Å². The van der Waals surface area contributed by atoms with Gasteiger partial charge in [-0.1, -0.05) is 67.1 Å². The van der Waals surface area contributed by atoms with E-state index in [1.165, 1.54) is 11.1 Å². The van der Waals surface area contributed by atoms with Crippen molar-refractivity contribution in [1.82, 2.24) is 20.1 Å². The van der Waals surface area contributed by atoms with Crippen LogP contribution in [0.3, 0.4) is 0 Å². The molecule has 9 heteroatoms. The highest BCUT2D eigenvalue weighted by Crippen LogP contribution is 2.10. The van der Waals surface area contributed by atoms with Gasteiger partial charge in [0.05, 0.1) is 5.94 Å². The van der Waals surface area contributed by atoms with E-state index in [1.807, 2.05) is 36.4 Å². The maximum Gasteiger partial charge on any atom is 0.475 e. The molecule has 1 amide bonds. The van der Waals surface area contributed by atoms with E-state index in [0.717, 1.165) is 25.1 Å². The number of nitrogens with two attached hydrogens (primary N) is 1. The Morgan fingerprint density at radius 1 is 0.941 bits per heavy atom. The molecule has 0 aliphatic carbocycles. The first-order valence-corrected chi connectivity index (χ1v) is 11.9. The van der Waals surface area contributed by atoms with Crippen molar-refractivity contribution in [3.8, 4) is 0 Å². The van der Waals surface area contributed by atoms with E-state index in [1.54, 1.807) is 4.68 Å². The minimum absolute atomic E-state index is 0.0252. The number of nitrogens with one attached hydrogen (secondary N) is 1. The average Bonchev–Trinajstić information content (AvgIpc) is 3.23. The monoisotopic (exact) mass is 463 g/mol. The average molecular weight is 463 g/mol. The zero-order valence-electron chi connectivity index (χ0n) is 19.5. The Morgan fingerprint density at radius 3 is 2.15 bits per heavy atom. The Hall–Kier alpha value is -3.01. The van der Waals surface area contributed by atoms with Crippen LogP contribution in [-0.4, -0.2) is 50.3 Å². The number of aryl methyl sites for hydroxylation is 4. The second kappa shape index (κ2) is 13.6. The minimum Gasteiger partial charge on any atom is -0.426 e. The lowest BCUT2D eigenvalue weighted by Gasteiger charge is -2.18. The number of unbranched alkanes of at least 4 members (excludes halogenated alkanes) is 1. The number of aromatic nitrogens is 3. The van der Waals surface area contributed by atoms with E-state index in [0.29, 0.717) is 38.1 Å². The number of amides is 1. The lowest BCUT2D eigenvalue weighted by molar-refractivity contribution is -0.122. The van der Waals surface area contributed by atoms with Crippen molar-refractivity contribution in [2.24, 2.45) is 5.73 Å². The fraction of sp³-hybridized carbons (Fsp3) is 0.400. The normalized spacial score (nSPS) is 11.9. The maximum atomic E-state index is 12.7. The number of rotatable bonds is 14. The standard InChI is InChI=1S/C25H34BN5O3/c27-18-8-7-13-22(26(33)34)28-25(32)19-31-24(17-15-21-11-5-2-6-12-21)29-23(30-31)16-14-20-9-3-1-4-10-20/h1-6,9-12,22,33-34H,7-8,13-19,27H2,(H,28,32)/t22-/m0/s1. The van der Waals surface area contributed by atoms with Crippen molar-refractivity contribution >= 4 is 13.0 Å². The van der Waals surface area contributed by atoms with Crippen LogP contribution in [0.2, 0.25) is 0 Å². The molecule has 0 saturated carbocycles. The largest absolute Gasteiger partial charge is 0.475 e. The molecule has 3 rings (SSSR count). The first-order chi connectivity index (χ1) is 16.5. The van der Waals surface area contributed by atoms with Crippen LogP contribution >= 0.6 is 0 Å². The molecule has 0 fully saturated rings. The number of nitrogens with zero attached hydrogens (tertiary/aromatic N) is 3. The van der Waals surface area contributed by atoms with Gasteiger partial charge in [-0.3, -0.25) is 4.79 Å². The highest BCUT2D eigenvalue weighted by molar-refractivity contribution is 6.43. The molecule has 3 aromatic rings. The quantitative estimate of drug-likeness (QED) is 0.212. The number of carbonyl (C=O) groups is 1. The van der Waals surface area contributed by atoms with E-state index in [2.05, 4.69) is 34.7 Å². The molecule has 1 aromatic heterocycles. The Morgan fingerprint density at radius 2 is 1.56 bits per heavy atom. The van der Waals surface area contributed by atoms with Crippen LogP contribution in [0.25, 0.3) is 0 Å². The van der Waals surface area contributed by atoms with Gasteiger partial charge in [0.2, 0.25) is 5.91 Å². The highest BCUT2D eigenvalue weighted by atomic mass is 16.4. The molecule has 0 radical (unpaired) electrons. The summed E-state index contributed by atoms with van der Waals surface area (Å²) in [4.78, 5) is 17.5. The van der Waals surface area contributed by atoms with E-state index in [4.69, 9.17) is 10.7 Å². The zero-order valence-corrected chi connectivity index (χ0v) is 19.5. The van der Waals surface area contributed by atoms with Gasteiger partial charge in [-0.25, -0.2) is 9.67 Å². The van der Waals surface area contributed by atoms with Crippen LogP contribution in [0.15, 0.2) is 60.7 Å². The van der Waals surface area contributed by atoms with Crippen LogP contribution in [0.5, 0.6) is 0 Å². The molecule has 0 spiro atoms. The Balaban J connectivity index is 1.67. The molecule has 1 atom stereocenters. The third kappa shape index (κ3) is 8.41. The second-order valence-electron chi connectivity index (χ2n) is 8.45. The third-order valence-corrected chi connectivity index (χ3v) is 5.72. The van der Waals surface area contributed by atoms with Gasteiger partial charge in [-0.2, -0.15) is 5.10 Å². The molecule has 0 saturated heterocycles. The topological polar surface area (TPSA) is 126 Å². The Kier molecular flexibility index (Phi) is 10.3. The van der Waals surface area contributed by atoms with Crippen molar-refractivity contribution < 1.29 is 14.8 Å². The summed E-state index contributed by atoms with van der Waals surface area (Å²) < 4.78 is 1.64. The van der Waals surface area contributed by atoms with E-state index >= 15 is 0 Å². The van der Waals surface area contributed by atoms with Crippen LogP contribution in [0.4, 0.5) is 0 Å². The summed E-state index contributed by atoms with van der Waals surface area (Å²) in [6.45, 7) is 0.500. The van der Waals surface area contributed by atoms with Crippen molar-refractivity contribution in [3.05, 3.63) is 83.4 Å². The fourth-order valence-corrected chi connectivity index (χ4v) is 3.84. The first-order valence-electron chi connectivity index (χ1n) is 11.9. The van der Waals surface area contributed by atoms with Crippen LogP contribution in [0.1, 0.15) is 42.0 Å². The van der Waals surface area contributed by atoms with E-state index in [9.17, 15) is 14.8 Å². The molecule has 180 valence electrons. The molecule has 5 N–H and O–H groups in total. The molecule has 8 nitrogen and oxygen atoms in total. The summed E-state index contributed by atoms with van der Waals surface area (Å²) in [5, 5.41) is 26.6. The van der Waals surface area contributed by atoms with Crippen LogP contribution in [-0.2, 0) is 37.0 Å². The second-order valence-corrected chi connectivity index (χ2v) is 8.45. The molecule has 2 aromatic carbocycles. The predicted molar refractivity (Wildman–Crippen MR) is 133 cm³/mol. The van der Waals surface area contributed by atoms with Gasteiger partial charge in [-0.05, 0) is 43.4 Å². The summed E-state index contributed by atoms with van der Waals surface area (Å²) in [7, 11) is -1.63. The molecule has 0 unspecified atom stereocenters. The van der Waals surface area contributed by atoms with Crippen LogP contribution < -0.4 is 11.1 Å². The van der Waals surface area contributed by atoms with E-state index in [-0.39, 0.29) is 12.5 Å². The third-order valence-electron chi connectivity index (χ3n) is 5.72. The van der Waals surface area contributed by atoms with Crippen molar-refractivity contribution in [3.63, 3.8) is 0 Å². The van der Waals surface area contributed by atoms with Gasteiger partial charge >= 0.3 is 7.12 Å². The number of benzene rings is 2. The minimum atomic E-state index is -1.63. The molecule has 34 heavy (non-hydrogen) atoms. The SMILES string of the molecule is NCCCC[C@H](NC(=O)Cn1nc(CCc2ccccc2)nc1CCc1ccccc1)B(O)O. The molecular weight excluding hydrogens is 429 g/mol. The maximum absolute atomic E-state index is 12.7. The van der Waals surface area contributed by atoms with Gasteiger partial charge in [-0.15, -0.1) is 0 Å². The Bertz CT molecular complexity index is 998.